The Kier molecular flexibility index (Phi) is 2.81. The van der Waals surface area contributed by atoms with Crippen molar-refractivity contribution in [1.29, 1.82) is 0 Å². The fourth-order valence-electron chi connectivity index (χ4n) is 2.91. The number of fused-ring (bicyclic) bond motifs is 6. The molecule has 5 heteroatoms. The van der Waals surface area contributed by atoms with Crippen LogP contribution < -0.4 is 0 Å². The predicted octanol–water partition coefficient (Wildman–Crippen LogP) is 2.76. The quantitative estimate of drug-likeness (QED) is 0.619. The summed E-state index contributed by atoms with van der Waals surface area (Å²) in [5.74, 6) is 0. The zero-order valence-corrected chi connectivity index (χ0v) is 11.3. The summed E-state index contributed by atoms with van der Waals surface area (Å²) in [7, 11) is 0. The summed E-state index contributed by atoms with van der Waals surface area (Å²) in [5, 5.41) is 0.336. The lowest BCUT2D eigenvalue weighted by atomic mass is 9.69. The van der Waals surface area contributed by atoms with E-state index in [-0.39, 0.29) is 0 Å². The number of rotatable bonds is 2. The second-order valence-corrected chi connectivity index (χ2v) is 5.17. The van der Waals surface area contributed by atoms with Gasteiger partial charge < -0.3 is 0 Å². The molecule has 0 heterocycles. The van der Waals surface area contributed by atoms with Crippen LogP contribution in [0, 0.1) is 6.92 Å². The number of hydrogen-bond acceptors (Lipinski definition) is 4. The van der Waals surface area contributed by atoms with E-state index < -0.39 is 11.6 Å². The SMILES string of the molecule is Cc1ccc2cc1C1=CC=C(Cl)C2(N=C=O)C1N=C=O. The van der Waals surface area contributed by atoms with E-state index in [1.165, 1.54) is 0 Å². The highest BCUT2D eigenvalue weighted by atomic mass is 35.5. The van der Waals surface area contributed by atoms with E-state index in [4.69, 9.17) is 11.6 Å². The molecule has 2 unspecified atom stereocenters. The Morgan fingerprint density at radius 2 is 2.05 bits per heavy atom. The van der Waals surface area contributed by atoms with Gasteiger partial charge in [-0.3, -0.25) is 0 Å². The van der Waals surface area contributed by atoms with E-state index >= 15 is 0 Å². The molecule has 4 bridgehead atoms. The second-order valence-electron chi connectivity index (χ2n) is 4.76. The number of benzene rings is 1. The van der Waals surface area contributed by atoms with Gasteiger partial charge in [0.15, 0.2) is 5.54 Å². The number of aryl methyl sites for hydroxylation is 1. The Morgan fingerprint density at radius 3 is 2.75 bits per heavy atom. The third-order valence-corrected chi connectivity index (χ3v) is 4.27. The van der Waals surface area contributed by atoms with Gasteiger partial charge in [0.25, 0.3) is 0 Å². The smallest absolute Gasteiger partial charge is 0.211 e. The third kappa shape index (κ3) is 1.44. The molecule has 4 nitrogen and oxygen atoms in total. The van der Waals surface area contributed by atoms with Crippen LogP contribution in [0.2, 0.25) is 0 Å². The molecule has 0 radical (unpaired) electrons. The highest BCUT2D eigenvalue weighted by Crippen LogP contribution is 2.52. The number of aliphatic imine (C=N–C) groups is 2. The number of isocyanates is 2. The van der Waals surface area contributed by atoms with E-state index in [1.807, 2.05) is 25.1 Å². The molecule has 2 atom stereocenters. The molecule has 0 saturated carbocycles. The van der Waals surface area contributed by atoms with E-state index in [2.05, 4.69) is 9.98 Å². The van der Waals surface area contributed by atoms with E-state index in [9.17, 15) is 9.59 Å². The first-order valence-electron chi connectivity index (χ1n) is 6.00. The van der Waals surface area contributed by atoms with Gasteiger partial charge in [-0.1, -0.05) is 29.8 Å². The lowest BCUT2D eigenvalue weighted by Gasteiger charge is -2.41. The molecule has 0 saturated heterocycles. The van der Waals surface area contributed by atoms with Crippen LogP contribution in [0.25, 0.3) is 5.57 Å². The van der Waals surface area contributed by atoms with Gasteiger partial charge in [-0.2, -0.15) is 9.98 Å². The van der Waals surface area contributed by atoms with Crippen molar-refractivity contribution in [3.8, 4) is 0 Å². The molecule has 20 heavy (non-hydrogen) atoms. The number of hydrogen-bond donors (Lipinski definition) is 0. The summed E-state index contributed by atoms with van der Waals surface area (Å²) in [6, 6.07) is 5.03. The summed E-state index contributed by atoms with van der Waals surface area (Å²) in [6.07, 6.45) is 6.61. The van der Waals surface area contributed by atoms with E-state index in [0.29, 0.717) is 5.03 Å². The van der Waals surface area contributed by atoms with E-state index in [0.717, 1.165) is 22.3 Å². The van der Waals surface area contributed by atoms with Crippen LogP contribution in [0.15, 0.2) is 45.4 Å². The van der Waals surface area contributed by atoms with Crippen molar-refractivity contribution in [3.05, 3.63) is 52.1 Å². The van der Waals surface area contributed by atoms with Crippen molar-refractivity contribution in [2.75, 3.05) is 0 Å². The summed E-state index contributed by atoms with van der Waals surface area (Å²) in [4.78, 5) is 29.4. The van der Waals surface area contributed by atoms with Crippen LogP contribution in [0.1, 0.15) is 16.7 Å². The van der Waals surface area contributed by atoms with Gasteiger partial charge >= 0.3 is 0 Å². The third-order valence-electron chi connectivity index (χ3n) is 3.86. The number of carbonyl (C=O) groups excluding carboxylic acids is 2. The molecule has 3 rings (SSSR count). The first-order valence-corrected chi connectivity index (χ1v) is 6.38. The van der Waals surface area contributed by atoms with Crippen LogP contribution in [0.3, 0.4) is 0 Å². The minimum Gasteiger partial charge on any atom is -0.211 e. The maximum absolute atomic E-state index is 10.9. The topological polar surface area (TPSA) is 58.9 Å². The Morgan fingerprint density at radius 1 is 1.25 bits per heavy atom. The van der Waals surface area contributed by atoms with Crippen molar-refractivity contribution in [2.24, 2.45) is 9.98 Å². The zero-order valence-electron chi connectivity index (χ0n) is 10.6. The fourth-order valence-corrected chi connectivity index (χ4v) is 3.22. The molecule has 0 fully saturated rings. The summed E-state index contributed by atoms with van der Waals surface area (Å²) in [5.41, 5.74) is 2.38. The first kappa shape index (κ1) is 12.8. The first-order chi connectivity index (χ1) is 9.65. The number of allylic oxidation sites excluding steroid dienone is 2. The van der Waals surface area contributed by atoms with Crippen molar-refractivity contribution in [3.63, 3.8) is 0 Å². The molecule has 98 valence electrons. The maximum atomic E-state index is 10.9. The van der Waals surface area contributed by atoms with Gasteiger partial charge in [-0.15, -0.1) is 0 Å². The minimum atomic E-state index is -1.19. The zero-order chi connectivity index (χ0) is 14.3. The van der Waals surface area contributed by atoms with Gasteiger partial charge in [0.2, 0.25) is 12.2 Å². The van der Waals surface area contributed by atoms with Gasteiger partial charge in [0.05, 0.1) is 5.03 Å². The van der Waals surface area contributed by atoms with Crippen molar-refractivity contribution >= 4 is 29.3 Å². The molecule has 0 aliphatic heterocycles. The Balaban J connectivity index is 2.45. The maximum Gasteiger partial charge on any atom is 0.236 e. The Hall–Kier alpha value is -2.25. The molecule has 0 amide bonds. The van der Waals surface area contributed by atoms with Crippen LogP contribution in [0.4, 0.5) is 0 Å². The van der Waals surface area contributed by atoms with Crippen LogP contribution >= 0.6 is 11.6 Å². The molecule has 0 N–H and O–H groups in total. The van der Waals surface area contributed by atoms with E-state index in [1.54, 1.807) is 24.3 Å². The largest absolute Gasteiger partial charge is 0.236 e. The molecule has 1 aromatic rings. The summed E-state index contributed by atoms with van der Waals surface area (Å²) >= 11 is 6.29. The lowest BCUT2D eigenvalue weighted by molar-refractivity contribution is 0.472. The average molecular weight is 285 g/mol. The predicted molar refractivity (Wildman–Crippen MR) is 74.8 cm³/mol. The highest BCUT2D eigenvalue weighted by molar-refractivity contribution is 6.31. The molecule has 1 aromatic carbocycles. The number of halogens is 1. The molecule has 2 aliphatic rings. The van der Waals surface area contributed by atoms with Crippen molar-refractivity contribution in [1.82, 2.24) is 0 Å². The van der Waals surface area contributed by atoms with Crippen molar-refractivity contribution < 1.29 is 9.59 Å². The Labute approximate surface area is 120 Å². The van der Waals surface area contributed by atoms with Crippen LogP contribution in [-0.4, -0.2) is 18.2 Å². The second kappa shape index (κ2) is 4.39. The van der Waals surface area contributed by atoms with Gasteiger partial charge in [-0.05, 0) is 41.3 Å². The molecule has 2 aliphatic carbocycles. The summed E-state index contributed by atoms with van der Waals surface area (Å²) < 4.78 is 0. The van der Waals surface area contributed by atoms with Gasteiger partial charge in [-0.25, -0.2) is 9.59 Å². The fraction of sp³-hybridized carbons (Fsp3) is 0.200. The summed E-state index contributed by atoms with van der Waals surface area (Å²) in [6.45, 7) is 1.97. The molecule has 0 spiro atoms. The molecule has 0 aromatic heterocycles. The standard InChI is InChI=1S/C15H9ClN2O2/c1-9-2-3-10-6-12(9)11-4-5-13(16)15(10,18-8-20)14(11)17-7-19/h2-6,14H,1H3. The molecular formula is C15H9ClN2O2. The van der Waals surface area contributed by atoms with Gasteiger partial charge in [0.1, 0.15) is 6.04 Å². The minimum absolute atomic E-state index is 0.336. The number of nitrogens with zero attached hydrogens (tertiary/aromatic N) is 2. The van der Waals surface area contributed by atoms with Crippen LogP contribution in [-0.2, 0) is 15.1 Å². The normalized spacial score (nSPS) is 25.8. The van der Waals surface area contributed by atoms with Crippen LogP contribution in [0.5, 0.6) is 0 Å². The average Bonchev–Trinajstić information content (AvgIpc) is 2.44. The van der Waals surface area contributed by atoms with Gasteiger partial charge in [0, 0.05) is 0 Å². The molecular weight excluding hydrogens is 276 g/mol. The Bertz CT molecular complexity index is 768. The highest BCUT2D eigenvalue weighted by Gasteiger charge is 2.50. The monoisotopic (exact) mass is 284 g/mol. The lowest BCUT2D eigenvalue weighted by Crippen LogP contribution is -2.42. The van der Waals surface area contributed by atoms with Crippen molar-refractivity contribution in [2.45, 2.75) is 18.5 Å².